The third-order valence-electron chi connectivity index (χ3n) is 2.98. The van der Waals surface area contributed by atoms with Crippen LogP contribution < -0.4 is 10.2 Å². The van der Waals surface area contributed by atoms with E-state index in [1.54, 1.807) is 11.3 Å². The molecule has 0 bridgehead atoms. The molecule has 2 rings (SSSR count). The van der Waals surface area contributed by atoms with Crippen molar-refractivity contribution in [3.8, 4) is 0 Å². The number of piperazine rings is 1. The number of nitrogens with one attached hydrogen (secondary N) is 1. The lowest BCUT2D eigenvalue weighted by atomic mass is 10.3. The second kappa shape index (κ2) is 7.30. The van der Waals surface area contributed by atoms with Crippen LogP contribution in [0.4, 0.5) is 9.93 Å². The predicted molar refractivity (Wildman–Crippen MR) is 75.8 cm³/mol. The van der Waals surface area contributed by atoms with Gasteiger partial charge in [0.1, 0.15) is 0 Å². The van der Waals surface area contributed by atoms with E-state index >= 15 is 0 Å². The van der Waals surface area contributed by atoms with E-state index in [4.69, 9.17) is 4.74 Å². The molecular weight excluding hydrogens is 264 g/mol. The van der Waals surface area contributed by atoms with Crippen LogP contribution in [-0.4, -0.2) is 61.9 Å². The average Bonchev–Trinajstić information content (AvgIpc) is 2.98. The summed E-state index contributed by atoms with van der Waals surface area (Å²) in [4.78, 5) is 20.2. The van der Waals surface area contributed by atoms with Gasteiger partial charge >= 0.3 is 6.03 Å². The number of hydrogen-bond acceptors (Lipinski definition) is 5. The highest BCUT2D eigenvalue weighted by Crippen LogP contribution is 2.18. The Morgan fingerprint density at radius 3 is 2.89 bits per heavy atom. The summed E-state index contributed by atoms with van der Waals surface area (Å²) in [7, 11) is 0. The van der Waals surface area contributed by atoms with Crippen LogP contribution in [-0.2, 0) is 4.74 Å². The lowest BCUT2D eigenvalue weighted by molar-refractivity contribution is 0.145. The third kappa shape index (κ3) is 4.07. The van der Waals surface area contributed by atoms with Crippen LogP contribution in [0.15, 0.2) is 11.6 Å². The molecule has 0 spiro atoms. The van der Waals surface area contributed by atoms with Crippen molar-refractivity contribution in [1.82, 2.24) is 15.2 Å². The first-order valence-corrected chi connectivity index (χ1v) is 7.44. The highest BCUT2D eigenvalue weighted by atomic mass is 32.1. The first kappa shape index (κ1) is 14.1. The van der Waals surface area contributed by atoms with Gasteiger partial charge in [-0.2, -0.15) is 0 Å². The van der Waals surface area contributed by atoms with Crippen LogP contribution in [0, 0.1) is 0 Å². The van der Waals surface area contributed by atoms with E-state index in [-0.39, 0.29) is 6.03 Å². The number of hydrogen-bond donors (Lipinski definition) is 1. The minimum atomic E-state index is -0.00140. The number of urea groups is 1. The molecule has 2 amide bonds. The van der Waals surface area contributed by atoms with Crippen molar-refractivity contribution in [1.29, 1.82) is 0 Å². The summed E-state index contributed by atoms with van der Waals surface area (Å²) < 4.78 is 5.19. The molecule has 7 heteroatoms. The number of carbonyl (C=O) groups is 1. The Morgan fingerprint density at radius 1 is 1.47 bits per heavy atom. The summed E-state index contributed by atoms with van der Waals surface area (Å²) in [6.45, 7) is 6.92. The van der Waals surface area contributed by atoms with Gasteiger partial charge in [-0.25, -0.2) is 9.78 Å². The predicted octanol–water partition coefficient (Wildman–Crippen LogP) is 1.01. The third-order valence-corrected chi connectivity index (χ3v) is 3.82. The summed E-state index contributed by atoms with van der Waals surface area (Å²) in [5, 5.41) is 5.88. The summed E-state index contributed by atoms with van der Waals surface area (Å²) in [5.74, 6) is 0. The number of rotatable bonds is 5. The van der Waals surface area contributed by atoms with E-state index < -0.39 is 0 Å². The maximum Gasteiger partial charge on any atom is 0.317 e. The maximum atomic E-state index is 11.9. The zero-order chi connectivity index (χ0) is 13.5. The number of carbonyl (C=O) groups excluding carboxylic acids is 1. The molecule has 1 N–H and O–H groups in total. The maximum absolute atomic E-state index is 11.9. The molecule has 1 aromatic rings. The van der Waals surface area contributed by atoms with E-state index in [9.17, 15) is 4.79 Å². The van der Waals surface area contributed by atoms with Gasteiger partial charge in [0.15, 0.2) is 5.13 Å². The SMILES string of the molecule is CCOCCNC(=O)N1CCN(c2nccs2)CC1. The molecule has 0 aliphatic carbocycles. The fourth-order valence-electron chi connectivity index (χ4n) is 1.96. The van der Waals surface area contributed by atoms with Gasteiger partial charge in [0, 0.05) is 50.9 Å². The minimum Gasteiger partial charge on any atom is -0.380 e. The molecule has 1 aromatic heterocycles. The summed E-state index contributed by atoms with van der Waals surface area (Å²) >= 11 is 1.64. The average molecular weight is 284 g/mol. The van der Waals surface area contributed by atoms with Crippen LogP contribution >= 0.6 is 11.3 Å². The monoisotopic (exact) mass is 284 g/mol. The fourth-order valence-corrected chi connectivity index (χ4v) is 2.66. The molecule has 0 atom stereocenters. The molecule has 1 fully saturated rings. The van der Waals surface area contributed by atoms with Crippen molar-refractivity contribution < 1.29 is 9.53 Å². The number of anilines is 1. The second-order valence-corrected chi connectivity index (χ2v) is 5.09. The highest BCUT2D eigenvalue weighted by molar-refractivity contribution is 7.13. The molecule has 0 radical (unpaired) electrons. The Balaban J connectivity index is 1.69. The van der Waals surface area contributed by atoms with Gasteiger partial charge in [0.25, 0.3) is 0 Å². The standard InChI is InChI=1S/C12H20N4O2S/c1-2-18-9-3-13-11(17)15-5-7-16(8-6-15)12-14-4-10-19-12/h4,10H,2-3,5-9H2,1H3,(H,13,17). The Labute approximate surface area is 117 Å². The number of aromatic nitrogens is 1. The van der Waals surface area contributed by atoms with Crippen molar-refractivity contribution >= 4 is 22.5 Å². The number of ether oxygens (including phenoxy) is 1. The van der Waals surface area contributed by atoms with Gasteiger partial charge in [-0.05, 0) is 6.92 Å². The van der Waals surface area contributed by atoms with Gasteiger partial charge in [-0.3, -0.25) is 0 Å². The van der Waals surface area contributed by atoms with Gasteiger partial charge in [0.05, 0.1) is 6.61 Å². The molecule has 1 saturated heterocycles. The lowest BCUT2D eigenvalue weighted by Crippen LogP contribution is -2.52. The van der Waals surface area contributed by atoms with E-state index in [0.717, 1.165) is 31.3 Å². The number of thiazole rings is 1. The van der Waals surface area contributed by atoms with E-state index in [0.29, 0.717) is 19.8 Å². The Hall–Kier alpha value is -1.34. The number of amides is 2. The molecule has 1 aliphatic heterocycles. The van der Waals surface area contributed by atoms with Crippen molar-refractivity contribution in [2.45, 2.75) is 6.92 Å². The van der Waals surface area contributed by atoms with Crippen LogP contribution in [0.3, 0.4) is 0 Å². The molecule has 0 aromatic carbocycles. The molecule has 6 nitrogen and oxygen atoms in total. The van der Waals surface area contributed by atoms with Gasteiger partial charge < -0.3 is 19.9 Å². The molecule has 2 heterocycles. The normalized spacial score (nSPS) is 15.6. The Kier molecular flexibility index (Phi) is 5.41. The highest BCUT2D eigenvalue weighted by Gasteiger charge is 2.21. The van der Waals surface area contributed by atoms with Gasteiger partial charge in [0.2, 0.25) is 0 Å². The molecule has 19 heavy (non-hydrogen) atoms. The Morgan fingerprint density at radius 2 is 2.26 bits per heavy atom. The van der Waals surface area contributed by atoms with Crippen LogP contribution in [0.2, 0.25) is 0 Å². The smallest absolute Gasteiger partial charge is 0.317 e. The van der Waals surface area contributed by atoms with Crippen LogP contribution in [0.1, 0.15) is 6.92 Å². The lowest BCUT2D eigenvalue weighted by Gasteiger charge is -2.34. The van der Waals surface area contributed by atoms with E-state index in [2.05, 4.69) is 15.2 Å². The van der Waals surface area contributed by atoms with Crippen LogP contribution in [0.25, 0.3) is 0 Å². The quantitative estimate of drug-likeness (QED) is 0.820. The largest absolute Gasteiger partial charge is 0.380 e. The number of nitrogens with zero attached hydrogens (tertiary/aromatic N) is 3. The minimum absolute atomic E-state index is 0.00140. The van der Waals surface area contributed by atoms with Crippen LogP contribution in [0.5, 0.6) is 0 Å². The Bertz CT molecular complexity index is 377. The van der Waals surface area contributed by atoms with Gasteiger partial charge in [-0.1, -0.05) is 0 Å². The van der Waals surface area contributed by atoms with Gasteiger partial charge in [-0.15, -0.1) is 11.3 Å². The van der Waals surface area contributed by atoms with Crippen molar-refractivity contribution in [2.24, 2.45) is 0 Å². The molecular formula is C12H20N4O2S. The van der Waals surface area contributed by atoms with Crippen molar-refractivity contribution in [2.75, 3.05) is 50.8 Å². The second-order valence-electron chi connectivity index (χ2n) is 4.22. The molecule has 0 unspecified atom stereocenters. The first-order chi connectivity index (χ1) is 9.31. The van der Waals surface area contributed by atoms with E-state index in [1.165, 1.54) is 0 Å². The zero-order valence-electron chi connectivity index (χ0n) is 11.2. The van der Waals surface area contributed by atoms with Crippen molar-refractivity contribution in [3.05, 3.63) is 11.6 Å². The molecule has 1 aliphatic rings. The molecule has 106 valence electrons. The fraction of sp³-hybridized carbons (Fsp3) is 0.667. The summed E-state index contributed by atoms with van der Waals surface area (Å²) in [6, 6.07) is -0.00140. The van der Waals surface area contributed by atoms with Crippen molar-refractivity contribution in [3.63, 3.8) is 0 Å². The summed E-state index contributed by atoms with van der Waals surface area (Å²) in [5.41, 5.74) is 0. The zero-order valence-corrected chi connectivity index (χ0v) is 12.0. The topological polar surface area (TPSA) is 57.7 Å². The summed E-state index contributed by atoms with van der Waals surface area (Å²) in [6.07, 6.45) is 1.81. The first-order valence-electron chi connectivity index (χ1n) is 6.56. The molecule has 0 saturated carbocycles. The van der Waals surface area contributed by atoms with E-state index in [1.807, 2.05) is 23.4 Å².